The molecule has 0 bridgehead atoms. The minimum absolute atomic E-state index is 0.00277. The highest BCUT2D eigenvalue weighted by molar-refractivity contribution is 5.98. The van der Waals surface area contributed by atoms with Crippen LogP contribution in [-0.2, 0) is 0 Å². The minimum atomic E-state index is -0.00277. The maximum Gasteiger partial charge on any atom is 0.257 e. The third kappa shape index (κ3) is 3.72. The summed E-state index contributed by atoms with van der Waals surface area (Å²) >= 11 is 0. The molecule has 0 spiro atoms. The Bertz CT molecular complexity index is 668. The normalized spacial score (nSPS) is 26.1. The summed E-state index contributed by atoms with van der Waals surface area (Å²) in [7, 11) is 4.69. The van der Waals surface area contributed by atoms with E-state index in [4.69, 9.17) is 14.2 Å². The first-order chi connectivity index (χ1) is 13.0. The summed E-state index contributed by atoms with van der Waals surface area (Å²) in [6, 6.07) is 5.15. The molecule has 27 heavy (non-hydrogen) atoms. The second-order valence-electron chi connectivity index (χ2n) is 7.65. The second-order valence-corrected chi connectivity index (χ2v) is 7.65. The molecule has 2 saturated heterocycles. The van der Waals surface area contributed by atoms with Crippen molar-refractivity contribution in [3.8, 4) is 17.2 Å². The molecular weight excluding hydrogens is 344 g/mol. The first-order valence-corrected chi connectivity index (χ1v) is 9.87. The van der Waals surface area contributed by atoms with E-state index in [1.165, 1.54) is 12.8 Å². The summed E-state index contributed by atoms with van der Waals surface area (Å²) in [6.07, 6.45) is 4.67. The number of rotatable bonds is 5. The molecule has 3 atom stereocenters. The van der Waals surface area contributed by atoms with Crippen LogP contribution in [0.5, 0.6) is 17.2 Å². The van der Waals surface area contributed by atoms with Crippen LogP contribution in [0, 0.1) is 0 Å². The van der Waals surface area contributed by atoms with E-state index in [1.54, 1.807) is 33.5 Å². The van der Waals surface area contributed by atoms with Crippen LogP contribution in [-0.4, -0.2) is 68.3 Å². The van der Waals surface area contributed by atoms with Crippen molar-refractivity contribution in [3.05, 3.63) is 17.7 Å². The number of carbonyl (C=O) groups excluding carboxylic acids is 1. The smallest absolute Gasteiger partial charge is 0.257 e. The Morgan fingerprint density at radius 3 is 2.22 bits per heavy atom. The van der Waals surface area contributed by atoms with Crippen molar-refractivity contribution in [1.29, 1.82) is 0 Å². The lowest BCUT2D eigenvalue weighted by atomic mass is 10.0. The number of benzene rings is 1. The molecule has 1 aromatic carbocycles. The molecule has 0 saturated carbocycles. The van der Waals surface area contributed by atoms with Gasteiger partial charge in [-0.25, -0.2) is 0 Å². The van der Waals surface area contributed by atoms with Gasteiger partial charge in [-0.2, -0.15) is 0 Å². The predicted molar refractivity (Wildman–Crippen MR) is 105 cm³/mol. The van der Waals surface area contributed by atoms with E-state index in [-0.39, 0.29) is 5.91 Å². The van der Waals surface area contributed by atoms with E-state index in [2.05, 4.69) is 18.7 Å². The summed E-state index contributed by atoms with van der Waals surface area (Å²) in [6.45, 7) is 6.16. The number of hydrogen-bond acceptors (Lipinski definition) is 5. The van der Waals surface area contributed by atoms with Crippen LogP contribution in [0.4, 0.5) is 0 Å². The van der Waals surface area contributed by atoms with Crippen LogP contribution in [0.25, 0.3) is 0 Å². The largest absolute Gasteiger partial charge is 0.493 e. The zero-order valence-electron chi connectivity index (χ0n) is 17.2. The predicted octanol–water partition coefficient (Wildman–Crippen LogP) is 3.19. The molecule has 0 N–H and O–H groups in total. The van der Waals surface area contributed by atoms with Gasteiger partial charge in [0.1, 0.15) is 0 Å². The van der Waals surface area contributed by atoms with Gasteiger partial charge in [0.25, 0.3) is 5.91 Å². The van der Waals surface area contributed by atoms with Crippen LogP contribution >= 0.6 is 0 Å². The standard InChI is InChI=1S/C21H32N2O4/c1-14-8-9-15(2)23(14)16-7-6-12-22(13-16)21(24)17-10-11-18(25-3)20(27-5)19(17)26-4/h10-11,14-16H,6-9,12-13H2,1-5H3/t14-,15-,16-/m0/s1. The highest BCUT2D eigenvalue weighted by atomic mass is 16.5. The molecule has 150 valence electrons. The van der Waals surface area contributed by atoms with Crippen molar-refractivity contribution in [2.45, 2.75) is 57.7 Å². The molecule has 1 amide bonds. The van der Waals surface area contributed by atoms with Crippen LogP contribution in [0.1, 0.15) is 49.9 Å². The van der Waals surface area contributed by atoms with Crippen LogP contribution in [0.3, 0.4) is 0 Å². The number of ether oxygens (including phenoxy) is 3. The van der Waals surface area contributed by atoms with E-state index >= 15 is 0 Å². The van der Waals surface area contributed by atoms with Gasteiger partial charge in [-0.05, 0) is 51.7 Å². The van der Waals surface area contributed by atoms with Gasteiger partial charge in [-0.15, -0.1) is 0 Å². The Morgan fingerprint density at radius 1 is 0.963 bits per heavy atom. The fraction of sp³-hybridized carbons (Fsp3) is 0.667. The van der Waals surface area contributed by atoms with Gasteiger partial charge in [-0.3, -0.25) is 9.69 Å². The van der Waals surface area contributed by atoms with Gasteiger partial charge in [0.05, 0.1) is 26.9 Å². The van der Waals surface area contributed by atoms with Gasteiger partial charge in [0.2, 0.25) is 5.75 Å². The lowest BCUT2D eigenvalue weighted by Gasteiger charge is -2.41. The molecular formula is C21H32N2O4. The summed E-state index contributed by atoms with van der Waals surface area (Å²) in [4.78, 5) is 17.9. The third-order valence-corrected chi connectivity index (χ3v) is 6.06. The molecule has 0 unspecified atom stereocenters. The maximum absolute atomic E-state index is 13.3. The average molecular weight is 376 g/mol. The van der Waals surface area contributed by atoms with Gasteiger partial charge < -0.3 is 19.1 Å². The summed E-state index contributed by atoms with van der Waals surface area (Å²) in [5.41, 5.74) is 0.526. The SMILES string of the molecule is COc1ccc(C(=O)N2CCC[C@H](N3[C@@H](C)CC[C@@H]3C)C2)c(OC)c1OC. The summed E-state index contributed by atoms with van der Waals surface area (Å²) < 4.78 is 16.3. The summed E-state index contributed by atoms with van der Waals surface area (Å²) in [5, 5.41) is 0. The van der Waals surface area contributed by atoms with Crippen molar-refractivity contribution < 1.29 is 19.0 Å². The Labute approximate surface area is 162 Å². The van der Waals surface area contributed by atoms with Crippen molar-refractivity contribution in [2.24, 2.45) is 0 Å². The Hall–Kier alpha value is -1.95. The van der Waals surface area contributed by atoms with Crippen molar-refractivity contribution in [3.63, 3.8) is 0 Å². The van der Waals surface area contributed by atoms with Gasteiger partial charge in [0, 0.05) is 31.2 Å². The molecule has 0 aliphatic carbocycles. The monoisotopic (exact) mass is 376 g/mol. The molecule has 1 aromatic rings. The van der Waals surface area contributed by atoms with Crippen molar-refractivity contribution in [1.82, 2.24) is 9.80 Å². The van der Waals surface area contributed by atoms with Crippen LogP contribution in [0.15, 0.2) is 12.1 Å². The Morgan fingerprint density at radius 2 is 1.63 bits per heavy atom. The minimum Gasteiger partial charge on any atom is -0.493 e. The van der Waals surface area contributed by atoms with Crippen molar-refractivity contribution >= 4 is 5.91 Å². The Kier molecular flexibility index (Phi) is 6.15. The molecule has 2 fully saturated rings. The number of likely N-dealkylation sites (tertiary alicyclic amines) is 2. The number of carbonyl (C=O) groups is 1. The topological polar surface area (TPSA) is 51.2 Å². The van der Waals surface area contributed by atoms with E-state index in [9.17, 15) is 4.79 Å². The first kappa shape index (κ1) is 19.8. The Balaban J connectivity index is 1.83. The van der Waals surface area contributed by atoms with Gasteiger partial charge in [0.15, 0.2) is 11.5 Å². The van der Waals surface area contributed by atoms with Crippen LogP contribution < -0.4 is 14.2 Å². The van der Waals surface area contributed by atoms with Gasteiger partial charge >= 0.3 is 0 Å². The van der Waals surface area contributed by atoms with Crippen molar-refractivity contribution in [2.75, 3.05) is 34.4 Å². The highest BCUT2D eigenvalue weighted by Gasteiger charge is 2.37. The van der Waals surface area contributed by atoms with E-state index in [1.807, 2.05) is 4.90 Å². The molecule has 2 aliphatic rings. The fourth-order valence-electron chi connectivity index (χ4n) is 4.76. The number of methoxy groups -OCH3 is 3. The molecule has 2 heterocycles. The molecule has 6 heteroatoms. The molecule has 3 rings (SSSR count). The van der Waals surface area contributed by atoms with Gasteiger partial charge in [-0.1, -0.05) is 0 Å². The summed E-state index contributed by atoms with van der Waals surface area (Å²) in [5.74, 6) is 1.45. The number of amides is 1. The first-order valence-electron chi connectivity index (χ1n) is 9.87. The van der Waals surface area contributed by atoms with E-state index in [0.29, 0.717) is 40.9 Å². The zero-order chi connectivity index (χ0) is 19.6. The molecule has 0 aromatic heterocycles. The lowest BCUT2D eigenvalue weighted by Crippen LogP contribution is -2.52. The molecule has 0 radical (unpaired) electrons. The quantitative estimate of drug-likeness (QED) is 0.790. The van der Waals surface area contributed by atoms with E-state index < -0.39 is 0 Å². The third-order valence-electron chi connectivity index (χ3n) is 6.06. The fourth-order valence-corrected chi connectivity index (χ4v) is 4.76. The number of nitrogens with zero attached hydrogens (tertiary/aromatic N) is 2. The average Bonchev–Trinajstić information content (AvgIpc) is 3.04. The highest BCUT2D eigenvalue weighted by Crippen LogP contribution is 2.40. The second kappa shape index (κ2) is 8.38. The van der Waals surface area contributed by atoms with E-state index in [0.717, 1.165) is 25.9 Å². The lowest BCUT2D eigenvalue weighted by molar-refractivity contribution is 0.0484. The molecule has 2 aliphatic heterocycles. The number of hydrogen-bond donors (Lipinski definition) is 0. The maximum atomic E-state index is 13.3. The van der Waals surface area contributed by atoms with Crippen LogP contribution in [0.2, 0.25) is 0 Å². The zero-order valence-corrected chi connectivity index (χ0v) is 17.2. The number of piperidine rings is 1. The molecule has 6 nitrogen and oxygen atoms in total.